The number of amides is 1. The predicted molar refractivity (Wildman–Crippen MR) is 122 cm³/mol. The van der Waals surface area contributed by atoms with Gasteiger partial charge in [0.15, 0.2) is 11.6 Å². The average Bonchev–Trinajstić information content (AvgIpc) is 2.71. The van der Waals surface area contributed by atoms with E-state index in [4.69, 9.17) is 11.6 Å². The number of halogens is 2. The molecular weight excluding hydrogens is 433 g/mol. The zero-order chi connectivity index (χ0) is 23.0. The number of H-pyrrole nitrogens is 1. The van der Waals surface area contributed by atoms with Crippen LogP contribution in [0.5, 0.6) is 0 Å². The summed E-state index contributed by atoms with van der Waals surface area (Å²) in [6, 6.07) is 4.45. The topological polar surface area (TPSA) is 91.0 Å². The molecule has 1 aliphatic rings. The van der Waals surface area contributed by atoms with Crippen LogP contribution in [0, 0.1) is 24.6 Å². The van der Waals surface area contributed by atoms with Crippen molar-refractivity contribution in [3.8, 4) is 0 Å². The molecule has 168 valence electrons. The largest absolute Gasteiger partial charge is 0.364 e. The van der Waals surface area contributed by atoms with Crippen LogP contribution >= 0.6 is 11.6 Å². The lowest BCUT2D eigenvalue weighted by atomic mass is 9.91. The number of rotatable bonds is 4. The zero-order valence-electron chi connectivity index (χ0n) is 18.2. The smallest absolute Gasteiger partial charge is 0.258 e. The number of likely N-dealkylation sites (tertiary alicyclic amines) is 1. The molecule has 1 aromatic carbocycles. The van der Waals surface area contributed by atoms with Crippen molar-refractivity contribution in [1.82, 2.24) is 19.9 Å². The molecular formula is C23H25ClFN5O2. The molecule has 3 heterocycles. The normalized spacial score (nSPS) is 18.7. The van der Waals surface area contributed by atoms with Crippen molar-refractivity contribution in [2.75, 3.05) is 18.4 Å². The number of fused-ring (bicyclic) bond motifs is 1. The SMILES string of the molecule is Cc1nc2cc(Cl)c(CNc3ncc(C(=O)N4CC(C)CC(C)C4)cc3F)cc2c(=O)[nH]1. The molecule has 3 aromatic rings. The second-order valence-electron chi connectivity index (χ2n) is 8.68. The van der Waals surface area contributed by atoms with Crippen LogP contribution in [0.15, 0.2) is 29.2 Å². The molecule has 0 radical (unpaired) electrons. The highest BCUT2D eigenvalue weighted by molar-refractivity contribution is 6.32. The van der Waals surface area contributed by atoms with E-state index in [9.17, 15) is 14.0 Å². The van der Waals surface area contributed by atoms with Gasteiger partial charge in [-0.05, 0) is 48.9 Å². The molecule has 1 aliphatic heterocycles. The number of hydrogen-bond donors (Lipinski definition) is 2. The van der Waals surface area contributed by atoms with Crippen LogP contribution in [-0.2, 0) is 6.54 Å². The van der Waals surface area contributed by atoms with Gasteiger partial charge in [0.05, 0.1) is 16.5 Å². The molecule has 2 N–H and O–H groups in total. The van der Waals surface area contributed by atoms with E-state index in [0.717, 1.165) is 6.42 Å². The second kappa shape index (κ2) is 8.86. The van der Waals surface area contributed by atoms with Gasteiger partial charge in [-0.2, -0.15) is 0 Å². The first kappa shape index (κ1) is 22.2. The number of aromatic amines is 1. The minimum Gasteiger partial charge on any atom is -0.364 e. The molecule has 1 saturated heterocycles. The highest BCUT2D eigenvalue weighted by Gasteiger charge is 2.26. The first-order chi connectivity index (χ1) is 15.2. The molecule has 9 heteroatoms. The van der Waals surface area contributed by atoms with Crippen molar-refractivity contribution in [2.45, 2.75) is 33.7 Å². The highest BCUT2D eigenvalue weighted by atomic mass is 35.5. The standard InChI is InChI=1S/C23H25ClFN5O2/c1-12-4-13(2)11-30(10-12)23(32)16-6-19(25)21(27-9-16)26-8-15-5-17-20(7-18(15)24)28-14(3)29-22(17)31/h5-7,9,12-13H,4,8,10-11H2,1-3H3,(H,26,27)(H,28,29,31). The summed E-state index contributed by atoms with van der Waals surface area (Å²) in [6.07, 6.45) is 2.47. The monoisotopic (exact) mass is 457 g/mol. The van der Waals surface area contributed by atoms with Crippen LogP contribution in [0.25, 0.3) is 10.9 Å². The van der Waals surface area contributed by atoms with E-state index < -0.39 is 5.82 Å². The fourth-order valence-electron chi connectivity index (χ4n) is 4.33. The summed E-state index contributed by atoms with van der Waals surface area (Å²) >= 11 is 6.33. The van der Waals surface area contributed by atoms with Gasteiger partial charge in [-0.25, -0.2) is 14.4 Å². The Kier molecular flexibility index (Phi) is 6.15. The van der Waals surface area contributed by atoms with Gasteiger partial charge in [0.25, 0.3) is 11.5 Å². The van der Waals surface area contributed by atoms with Crippen LogP contribution < -0.4 is 10.9 Å². The molecule has 7 nitrogen and oxygen atoms in total. The molecule has 0 saturated carbocycles. The number of carbonyl (C=O) groups is 1. The minimum absolute atomic E-state index is 0.00837. The fourth-order valence-corrected chi connectivity index (χ4v) is 4.56. The number of anilines is 1. The maximum absolute atomic E-state index is 14.7. The number of nitrogens with zero attached hydrogens (tertiary/aromatic N) is 3. The number of carbonyl (C=O) groups excluding carboxylic acids is 1. The molecule has 1 fully saturated rings. The number of aromatic nitrogens is 3. The fraction of sp³-hybridized carbons (Fsp3) is 0.391. The second-order valence-corrected chi connectivity index (χ2v) is 9.08. The van der Waals surface area contributed by atoms with Crippen LogP contribution in [0.4, 0.5) is 10.2 Å². The molecule has 0 aliphatic carbocycles. The summed E-state index contributed by atoms with van der Waals surface area (Å²) in [7, 11) is 0. The van der Waals surface area contributed by atoms with Crippen LogP contribution in [0.1, 0.15) is 42.0 Å². The van der Waals surface area contributed by atoms with E-state index in [1.165, 1.54) is 12.3 Å². The Balaban J connectivity index is 1.50. The lowest BCUT2D eigenvalue weighted by Gasteiger charge is -2.35. The zero-order valence-corrected chi connectivity index (χ0v) is 19.0. The van der Waals surface area contributed by atoms with Crippen molar-refractivity contribution in [1.29, 1.82) is 0 Å². The third-order valence-corrected chi connectivity index (χ3v) is 6.03. The molecule has 2 aromatic heterocycles. The summed E-state index contributed by atoms with van der Waals surface area (Å²) in [4.78, 5) is 37.8. The average molecular weight is 458 g/mol. The number of piperidine rings is 1. The molecule has 0 bridgehead atoms. The number of hydrogen-bond acceptors (Lipinski definition) is 5. The van der Waals surface area contributed by atoms with Crippen molar-refractivity contribution >= 4 is 34.2 Å². The van der Waals surface area contributed by atoms with Crippen LogP contribution in [0.2, 0.25) is 5.02 Å². The molecule has 1 amide bonds. The van der Waals surface area contributed by atoms with Crippen molar-refractivity contribution in [2.24, 2.45) is 11.8 Å². The molecule has 4 rings (SSSR count). The number of benzene rings is 1. The maximum Gasteiger partial charge on any atom is 0.258 e. The van der Waals surface area contributed by atoms with Crippen LogP contribution in [-0.4, -0.2) is 38.8 Å². The summed E-state index contributed by atoms with van der Waals surface area (Å²) in [5.74, 6) is 0.508. The van der Waals surface area contributed by atoms with Crippen molar-refractivity contribution < 1.29 is 9.18 Å². The van der Waals surface area contributed by atoms with E-state index >= 15 is 0 Å². The van der Waals surface area contributed by atoms with Gasteiger partial charge < -0.3 is 15.2 Å². The van der Waals surface area contributed by atoms with E-state index in [1.807, 2.05) is 0 Å². The number of pyridine rings is 1. The van der Waals surface area contributed by atoms with E-state index in [-0.39, 0.29) is 29.4 Å². The summed E-state index contributed by atoms with van der Waals surface area (Å²) in [5, 5.41) is 3.70. The minimum atomic E-state index is -0.624. The Labute approximate surface area is 190 Å². The summed E-state index contributed by atoms with van der Waals surface area (Å²) in [6.45, 7) is 7.41. The third kappa shape index (κ3) is 4.60. The Morgan fingerprint density at radius 2 is 2.00 bits per heavy atom. The Morgan fingerprint density at radius 1 is 1.28 bits per heavy atom. The van der Waals surface area contributed by atoms with Gasteiger partial charge in [0.2, 0.25) is 0 Å². The Hall–Kier alpha value is -3.00. The summed E-state index contributed by atoms with van der Waals surface area (Å²) < 4.78 is 14.7. The highest BCUT2D eigenvalue weighted by Crippen LogP contribution is 2.25. The van der Waals surface area contributed by atoms with Gasteiger partial charge in [0.1, 0.15) is 5.82 Å². The van der Waals surface area contributed by atoms with Crippen molar-refractivity contribution in [3.63, 3.8) is 0 Å². The first-order valence-corrected chi connectivity index (χ1v) is 11.0. The molecule has 2 atom stereocenters. The Bertz CT molecular complexity index is 1240. The quantitative estimate of drug-likeness (QED) is 0.614. The molecule has 32 heavy (non-hydrogen) atoms. The lowest BCUT2D eigenvalue weighted by Crippen LogP contribution is -2.42. The van der Waals surface area contributed by atoms with E-state index in [2.05, 4.69) is 34.1 Å². The van der Waals surface area contributed by atoms with Gasteiger partial charge in [0, 0.05) is 30.9 Å². The Morgan fingerprint density at radius 3 is 2.69 bits per heavy atom. The van der Waals surface area contributed by atoms with Gasteiger partial charge in [-0.15, -0.1) is 0 Å². The van der Waals surface area contributed by atoms with Gasteiger partial charge in [-0.1, -0.05) is 25.4 Å². The molecule has 2 unspecified atom stereocenters. The van der Waals surface area contributed by atoms with E-state index in [0.29, 0.717) is 52.2 Å². The van der Waals surface area contributed by atoms with Crippen LogP contribution in [0.3, 0.4) is 0 Å². The van der Waals surface area contributed by atoms with Gasteiger partial charge in [-0.3, -0.25) is 9.59 Å². The predicted octanol–water partition coefficient (Wildman–Crippen LogP) is 4.15. The maximum atomic E-state index is 14.7. The van der Waals surface area contributed by atoms with Gasteiger partial charge >= 0.3 is 0 Å². The summed E-state index contributed by atoms with van der Waals surface area (Å²) in [5.41, 5.74) is 1.06. The number of nitrogens with one attached hydrogen (secondary N) is 2. The first-order valence-electron chi connectivity index (χ1n) is 10.6. The van der Waals surface area contributed by atoms with E-state index in [1.54, 1.807) is 24.0 Å². The lowest BCUT2D eigenvalue weighted by molar-refractivity contribution is 0.0622. The van der Waals surface area contributed by atoms with Crippen molar-refractivity contribution in [3.05, 3.63) is 62.5 Å². The third-order valence-electron chi connectivity index (χ3n) is 5.68. The number of aryl methyl sites for hydroxylation is 1. The molecule has 0 spiro atoms.